The minimum atomic E-state index is -0.358. The van der Waals surface area contributed by atoms with Crippen LogP contribution < -0.4 is 5.32 Å². The molecule has 1 aliphatic carbocycles. The summed E-state index contributed by atoms with van der Waals surface area (Å²) in [6, 6.07) is 0. The van der Waals surface area contributed by atoms with Crippen LogP contribution in [0.4, 0.5) is 0 Å². The topological polar surface area (TPSA) is 58.6 Å². The summed E-state index contributed by atoms with van der Waals surface area (Å²) in [7, 11) is 1.58. The molecule has 0 bridgehead atoms. The molecular weight excluding hydrogens is 194 g/mol. The summed E-state index contributed by atoms with van der Waals surface area (Å²) in [5, 5.41) is 12.3. The summed E-state index contributed by atoms with van der Waals surface area (Å²) in [6.07, 6.45) is 5.54. The second kappa shape index (κ2) is 6.08. The van der Waals surface area contributed by atoms with Crippen LogP contribution in [-0.4, -0.2) is 36.9 Å². The molecule has 0 unspecified atom stereocenters. The Morgan fingerprint density at radius 3 is 2.60 bits per heavy atom. The molecule has 1 saturated carbocycles. The third-order valence-corrected chi connectivity index (χ3v) is 3.05. The standard InChI is InChI=1S/C11H21NO3/c1-15-8-5-10(14)12-11(9-13)6-3-2-4-7-11/h13H,2-9H2,1H3,(H,12,14). The molecule has 0 heterocycles. The molecule has 4 nitrogen and oxygen atoms in total. The molecule has 1 rings (SSSR count). The zero-order chi connectivity index (χ0) is 11.1. The lowest BCUT2D eigenvalue weighted by Crippen LogP contribution is -2.52. The molecule has 1 fully saturated rings. The average Bonchev–Trinajstić information content (AvgIpc) is 2.27. The van der Waals surface area contributed by atoms with E-state index in [-0.39, 0.29) is 18.1 Å². The van der Waals surface area contributed by atoms with E-state index in [1.165, 1.54) is 6.42 Å². The van der Waals surface area contributed by atoms with Crippen molar-refractivity contribution in [2.75, 3.05) is 20.3 Å². The van der Waals surface area contributed by atoms with E-state index in [1.54, 1.807) is 7.11 Å². The van der Waals surface area contributed by atoms with Gasteiger partial charge >= 0.3 is 0 Å². The van der Waals surface area contributed by atoms with Crippen LogP contribution in [0.15, 0.2) is 0 Å². The maximum Gasteiger partial charge on any atom is 0.222 e. The maximum absolute atomic E-state index is 11.5. The molecule has 2 N–H and O–H groups in total. The van der Waals surface area contributed by atoms with E-state index < -0.39 is 0 Å². The Morgan fingerprint density at radius 1 is 1.40 bits per heavy atom. The quantitative estimate of drug-likeness (QED) is 0.714. The van der Waals surface area contributed by atoms with Crippen molar-refractivity contribution in [2.45, 2.75) is 44.1 Å². The van der Waals surface area contributed by atoms with Gasteiger partial charge in [-0.05, 0) is 12.8 Å². The molecule has 0 aromatic carbocycles. The van der Waals surface area contributed by atoms with Crippen molar-refractivity contribution >= 4 is 5.91 Å². The van der Waals surface area contributed by atoms with E-state index in [0.29, 0.717) is 13.0 Å². The summed E-state index contributed by atoms with van der Waals surface area (Å²) in [6.45, 7) is 0.485. The van der Waals surface area contributed by atoms with Gasteiger partial charge in [0.25, 0.3) is 0 Å². The number of hydrogen-bond acceptors (Lipinski definition) is 3. The highest BCUT2D eigenvalue weighted by atomic mass is 16.5. The van der Waals surface area contributed by atoms with E-state index in [2.05, 4.69) is 5.32 Å². The Hall–Kier alpha value is -0.610. The first kappa shape index (κ1) is 12.5. The molecule has 15 heavy (non-hydrogen) atoms. The molecule has 0 aliphatic heterocycles. The summed E-state index contributed by atoms with van der Waals surface area (Å²) in [5.41, 5.74) is -0.358. The lowest BCUT2D eigenvalue weighted by molar-refractivity contribution is -0.125. The summed E-state index contributed by atoms with van der Waals surface area (Å²) >= 11 is 0. The first-order chi connectivity index (χ1) is 7.22. The summed E-state index contributed by atoms with van der Waals surface area (Å²) in [4.78, 5) is 11.5. The van der Waals surface area contributed by atoms with E-state index in [4.69, 9.17) is 4.74 Å². The SMILES string of the molecule is COCCC(=O)NC1(CO)CCCCC1. The van der Waals surface area contributed by atoms with Gasteiger partial charge in [0.15, 0.2) is 0 Å². The van der Waals surface area contributed by atoms with E-state index in [0.717, 1.165) is 25.7 Å². The molecule has 0 aromatic heterocycles. The minimum Gasteiger partial charge on any atom is -0.394 e. The van der Waals surface area contributed by atoms with Crippen LogP contribution in [0.2, 0.25) is 0 Å². The van der Waals surface area contributed by atoms with Gasteiger partial charge in [-0.3, -0.25) is 4.79 Å². The molecule has 1 aliphatic rings. The minimum absolute atomic E-state index is 0.0206. The second-order valence-corrected chi connectivity index (χ2v) is 4.29. The number of nitrogens with one attached hydrogen (secondary N) is 1. The third-order valence-electron chi connectivity index (χ3n) is 3.05. The van der Waals surface area contributed by atoms with Crippen molar-refractivity contribution in [3.05, 3.63) is 0 Å². The Kier molecular flexibility index (Phi) is 5.05. The van der Waals surface area contributed by atoms with Crippen molar-refractivity contribution in [1.82, 2.24) is 5.32 Å². The highest BCUT2D eigenvalue weighted by Gasteiger charge is 2.32. The number of ether oxygens (including phenoxy) is 1. The number of methoxy groups -OCH3 is 1. The fraction of sp³-hybridized carbons (Fsp3) is 0.909. The van der Waals surface area contributed by atoms with Gasteiger partial charge in [-0.25, -0.2) is 0 Å². The van der Waals surface area contributed by atoms with E-state index in [1.807, 2.05) is 0 Å². The second-order valence-electron chi connectivity index (χ2n) is 4.29. The van der Waals surface area contributed by atoms with Gasteiger partial charge in [0.2, 0.25) is 5.91 Å². The van der Waals surface area contributed by atoms with Crippen LogP contribution in [0.25, 0.3) is 0 Å². The molecule has 0 radical (unpaired) electrons. The number of carbonyl (C=O) groups is 1. The maximum atomic E-state index is 11.5. The van der Waals surface area contributed by atoms with Crippen molar-refractivity contribution in [1.29, 1.82) is 0 Å². The average molecular weight is 215 g/mol. The number of hydrogen-bond donors (Lipinski definition) is 2. The van der Waals surface area contributed by atoms with Gasteiger partial charge in [-0.2, -0.15) is 0 Å². The fourth-order valence-electron chi connectivity index (χ4n) is 2.10. The molecule has 88 valence electrons. The monoisotopic (exact) mass is 215 g/mol. The van der Waals surface area contributed by atoms with Gasteiger partial charge in [0.1, 0.15) is 0 Å². The number of rotatable bonds is 5. The zero-order valence-corrected chi connectivity index (χ0v) is 9.42. The fourth-order valence-corrected chi connectivity index (χ4v) is 2.10. The van der Waals surface area contributed by atoms with Gasteiger partial charge in [-0.1, -0.05) is 19.3 Å². The molecule has 1 amide bonds. The summed E-state index contributed by atoms with van der Waals surface area (Å²) < 4.78 is 4.84. The molecule has 0 atom stereocenters. The molecule has 4 heteroatoms. The number of carbonyl (C=O) groups excluding carboxylic acids is 1. The lowest BCUT2D eigenvalue weighted by Gasteiger charge is -2.36. The normalized spacial score (nSPS) is 19.9. The first-order valence-corrected chi connectivity index (χ1v) is 5.63. The van der Waals surface area contributed by atoms with Crippen LogP contribution in [-0.2, 0) is 9.53 Å². The summed E-state index contributed by atoms with van der Waals surface area (Å²) in [5.74, 6) is -0.0206. The Balaban J connectivity index is 2.40. The van der Waals surface area contributed by atoms with Gasteiger partial charge in [0.05, 0.1) is 18.8 Å². The third kappa shape index (κ3) is 3.80. The smallest absolute Gasteiger partial charge is 0.222 e. The van der Waals surface area contributed by atoms with E-state index >= 15 is 0 Å². The Labute approximate surface area is 91.0 Å². The predicted octanol–water partition coefficient (Wildman–Crippen LogP) is 0.834. The van der Waals surface area contributed by atoms with Gasteiger partial charge in [0, 0.05) is 13.5 Å². The van der Waals surface area contributed by atoms with Gasteiger partial charge in [-0.15, -0.1) is 0 Å². The van der Waals surface area contributed by atoms with Crippen molar-refractivity contribution < 1.29 is 14.6 Å². The van der Waals surface area contributed by atoms with Crippen LogP contribution in [0, 0.1) is 0 Å². The highest BCUT2D eigenvalue weighted by Crippen LogP contribution is 2.27. The van der Waals surface area contributed by atoms with Gasteiger partial charge < -0.3 is 15.2 Å². The number of aliphatic hydroxyl groups is 1. The molecule has 0 saturated heterocycles. The lowest BCUT2D eigenvalue weighted by atomic mass is 9.82. The first-order valence-electron chi connectivity index (χ1n) is 5.63. The largest absolute Gasteiger partial charge is 0.394 e. The molecular formula is C11H21NO3. The predicted molar refractivity (Wildman–Crippen MR) is 57.5 cm³/mol. The highest BCUT2D eigenvalue weighted by molar-refractivity contribution is 5.76. The van der Waals surface area contributed by atoms with Crippen LogP contribution in [0.1, 0.15) is 38.5 Å². The van der Waals surface area contributed by atoms with Crippen molar-refractivity contribution in [2.24, 2.45) is 0 Å². The number of aliphatic hydroxyl groups excluding tert-OH is 1. The van der Waals surface area contributed by atoms with E-state index in [9.17, 15) is 9.90 Å². The van der Waals surface area contributed by atoms with Crippen LogP contribution >= 0.6 is 0 Å². The van der Waals surface area contributed by atoms with Crippen LogP contribution in [0.3, 0.4) is 0 Å². The van der Waals surface area contributed by atoms with Crippen molar-refractivity contribution in [3.63, 3.8) is 0 Å². The van der Waals surface area contributed by atoms with Crippen molar-refractivity contribution in [3.8, 4) is 0 Å². The zero-order valence-electron chi connectivity index (χ0n) is 9.42. The van der Waals surface area contributed by atoms with Crippen LogP contribution in [0.5, 0.6) is 0 Å². The number of amides is 1. The molecule has 0 aromatic rings. The Morgan fingerprint density at radius 2 is 2.07 bits per heavy atom. The molecule has 0 spiro atoms. The Bertz CT molecular complexity index is 200.